The Morgan fingerprint density at radius 2 is 1.88 bits per heavy atom. The summed E-state index contributed by atoms with van der Waals surface area (Å²) in [7, 11) is 2.18. The van der Waals surface area contributed by atoms with E-state index in [4.69, 9.17) is 4.99 Å². The number of aliphatic imine (C=N–C) groups is 1. The molecule has 0 bridgehead atoms. The highest BCUT2D eigenvalue weighted by Crippen LogP contribution is 2.10. The number of halogens is 1. The van der Waals surface area contributed by atoms with Crippen LogP contribution in [-0.2, 0) is 4.79 Å². The molecule has 0 aliphatic carbocycles. The molecule has 152 valence electrons. The summed E-state index contributed by atoms with van der Waals surface area (Å²) in [6, 6.07) is 0.748. The van der Waals surface area contributed by atoms with Gasteiger partial charge in [-0.15, -0.1) is 24.0 Å². The molecule has 0 aromatic carbocycles. The highest BCUT2D eigenvalue weighted by Gasteiger charge is 2.26. The number of nitrogens with one attached hydrogen (secondary N) is 2. The van der Waals surface area contributed by atoms with Crippen molar-refractivity contribution >= 4 is 35.8 Å². The van der Waals surface area contributed by atoms with Crippen LogP contribution in [0.1, 0.15) is 33.6 Å². The van der Waals surface area contributed by atoms with Crippen molar-refractivity contribution in [3.8, 4) is 0 Å². The molecular weight excluding hydrogens is 443 g/mol. The van der Waals surface area contributed by atoms with E-state index in [1.165, 1.54) is 0 Å². The van der Waals surface area contributed by atoms with Gasteiger partial charge in [-0.1, -0.05) is 6.92 Å². The van der Waals surface area contributed by atoms with E-state index in [-0.39, 0.29) is 29.9 Å². The Morgan fingerprint density at radius 1 is 1.19 bits per heavy atom. The molecule has 2 atom stereocenters. The van der Waals surface area contributed by atoms with Gasteiger partial charge in [-0.3, -0.25) is 14.7 Å². The fourth-order valence-electron chi connectivity index (χ4n) is 3.44. The fraction of sp³-hybridized carbons (Fsp3) is 0.889. The Morgan fingerprint density at radius 3 is 2.50 bits per heavy atom. The zero-order chi connectivity index (χ0) is 18.2. The minimum absolute atomic E-state index is 0. The number of carbonyl (C=O) groups is 1. The van der Waals surface area contributed by atoms with E-state index in [1.54, 1.807) is 0 Å². The summed E-state index contributed by atoms with van der Waals surface area (Å²) in [5, 5.41) is 6.85. The van der Waals surface area contributed by atoms with E-state index >= 15 is 0 Å². The first-order valence-corrected chi connectivity index (χ1v) is 9.78. The average Bonchev–Trinajstić information content (AvgIpc) is 3.08. The van der Waals surface area contributed by atoms with Gasteiger partial charge in [0.05, 0.1) is 6.54 Å². The lowest BCUT2D eigenvalue weighted by Gasteiger charge is -2.36. The Labute approximate surface area is 176 Å². The molecule has 2 rings (SSSR count). The van der Waals surface area contributed by atoms with Crippen LogP contribution in [0.25, 0.3) is 0 Å². The smallest absolute Gasteiger partial charge is 0.222 e. The summed E-state index contributed by atoms with van der Waals surface area (Å²) in [5.41, 5.74) is 0. The largest absolute Gasteiger partial charge is 0.357 e. The molecule has 8 heteroatoms. The molecule has 0 spiro atoms. The molecule has 26 heavy (non-hydrogen) atoms. The van der Waals surface area contributed by atoms with Crippen LogP contribution < -0.4 is 10.6 Å². The number of hydrogen-bond donors (Lipinski definition) is 2. The first-order chi connectivity index (χ1) is 12.0. The van der Waals surface area contributed by atoms with Crippen LogP contribution in [0.2, 0.25) is 0 Å². The van der Waals surface area contributed by atoms with E-state index in [0.29, 0.717) is 18.5 Å². The van der Waals surface area contributed by atoms with Crippen molar-refractivity contribution in [1.29, 1.82) is 0 Å². The first kappa shape index (κ1) is 23.4. The van der Waals surface area contributed by atoms with E-state index < -0.39 is 0 Å². The SMILES string of the molecule is CCNC(=NCC(C)N1CCN(C)CC1)NC1CCN(C(=O)CC)C1.I. The molecule has 2 unspecified atom stereocenters. The van der Waals surface area contributed by atoms with Crippen molar-refractivity contribution in [2.75, 3.05) is 59.4 Å². The third-order valence-corrected chi connectivity index (χ3v) is 5.20. The average molecular weight is 480 g/mol. The van der Waals surface area contributed by atoms with Gasteiger partial charge in [-0.25, -0.2) is 0 Å². The van der Waals surface area contributed by atoms with Crippen LogP contribution in [0, 0.1) is 0 Å². The van der Waals surface area contributed by atoms with Crippen molar-refractivity contribution in [2.45, 2.75) is 45.7 Å². The van der Waals surface area contributed by atoms with Crippen LogP contribution in [0.4, 0.5) is 0 Å². The second kappa shape index (κ2) is 12.0. The highest BCUT2D eigenvalue weighted by molar-refractivity contribution is 14.0. The van der Waals surface area contributed by atoms with Crippen molar-refractivity contribution < 1.29 is 4.79 Å². The van der Waals surface area contributed by atoms with Crippen LogP contribution >= 0.6 is 24.0 Å². The summed E-state index contributed by atoms with van der Waals surface area (Å²) in [4.78, 5) is 23.5. The second-order valence-corrected chi connectivity index (χ2v) is 7.23. The zero-order valence-electron chi connectivity index (χ0n) is 16.8. The molecule has 2 N–H and O–H groups in total. The van der Waals surface area contributed by atoms with E-state index in [2.05, 4.69) is 41.3 Å². The lowest BCUT2D eigenvalue weighted by molar-refractivity contribution is -0.129. The number of guanidine groups is 1. The highest BCUT2D eigenvalue weighted by atomic mass is 127. The zero-order valence-corrected chi connectivity index (χ0v) is 19.2. The van der Waals surface area contributed by atoms with Crippen molar-refractivity contribution in [1.82, 2.24) is 25.3 Å². The Kier molecular flexibility index (Phi) is 10.8. The molecule has 2 heterocycles. The normalized spacial score (nSPS) is 23.5. The minimum Gasteiger partial charge on any atom is -0.357 e. The summed E-state index contributed by atoms with van der Waals surface area (Å²) in [6.07, 6.45) is 1.58. The molecule has 2 fully saturated rings. The maximum absolute atomic E-state index is 11.8. The fourth-order valence-corrected chi connectivity index (χ4v) is 3.44. The van der Waals surface area contributed by atoms with Crippen LogP contribution in [0.5, 0.6) is 0 Å². The molecule has 0 saturated carbocycles. The van der Waals surface area contributed by atoms with Crippen molar-refractivity contribution in [2.24, 2.45) is 4.99 Å². The van der Waals surface area contributed by atoms with Gasteiger partial charge in [0.2, 0.25) is 5.91 Å². The summed E-state index contributed by atoms with van der Waals surface area (Å²) in [6.45, 7) is 14.1. The van der Waals surface area contributed by atoms with Gasteiger partial charge in [-0.05, 0) is 27.3 Å². The quantitative estimate of drug-likeness (QED) is 0.335. The standard InChI is InChI=1S/C18H36N6O.HI/c1-5-17(25)24-8-7-16(14-24)21-18(19-6-2)20-13-15(3)23-11-9-22(4)10-12-23;/h15-16H,5-14H2,1-4H3,(H2,19,20,21);1H. The molecule has 2 aliphatic heterocycles. The third-order valence-electron chi connectivity index (χ3n) is 5.20. The minimum atomic E-state index is 0. The third kappa shape index (κ3) is 7.19. The van der Waals surface area contributed by atoms with Crippen LogP contribution in [0.15, 0.2) is 4.99 Å². The topological polar surface area (TPSA) is 63.2 Å². The monoisotopic (exact) mass is 480 g/mol. The van der Waals surface area contributed by atoms with Crippen LogP contribution in [0.3, 0.4) is 0 Å². The van der Waals surface area contributed by atoms with E-state index in [9.17, 15) is 4.79 Å². The van der Waals surface area contributed by atoms with Gasteiger partial charge in [0.1, 0.15) is 0 Å². The van der Waals surface area contributed by atoms with Gasteiger partial charge in [-0.2, -0.15) is 0 Å². The molecule has 0 radical (unpaired) electrons. The lowest BCUT2D eigenvalue weighted by atomic mass is 10.2. The number of nitrogens with zero attached hydrogens (tertiary/aromatic N) is 4. The molecular formula is C18H37IN6O. The Balaban J connectivity index is 0.00000338. The maximum atomic E-state index is 11.8. The number of likely N-dealkylation sites (N-methyl/N-ethyl adjacent to an activating group) is 1. The van der Waals surface area contributed by atoms with Gasteiger partial charge in [0.25, 0.3) is 0 Å². The molecule has 2 aliphatic rings. The van der Waals surface area contributed by atoms with Gasteiger partial charge < -0.3 is 20.4 Å². The second-order valence-electron chi connectivity index (χ2n) is 7.23. The molecule has 2 saturated heterocycles. The summed E-state index contributed by atoms with van der Waals surface area (Å²) >= 11 is 0. The van der Waals surface area contributed by atoms with Gasteiger partial charge in [0.15, 0.2) is 5.96 Å². The lowest BCUT2D eigenvalue weighted by Crippen LogP contribution is -2.49. The maximum Gasteiger partial charge on any atom is 0.222 e. The van der Waals surface area contributed by atoms with Crippen molar-refractivity contribution in [3.05, 3.63) is 0 Å². The van der Waals surface area contributed by atoms with E-state index in [1.807, 2.05) is 11.8 Å². The number of carbonyl (C=O) groups excluding carboxylic acids is 1. The predicted octanol–water partition coefficient (Wildman–Crippen LogP) is 0.806. The molecule has 0 aromatic heterocycles. The van der Waals surface area contributed by atoms with Gasteiger partial charge in [0, 0.05) is 64.3 Å². The Bertz CT molecular complexity index is 453. The number of amides is 1. The summed E-state index contributed by atoms with van der Waals surface area (Å²) in [5.74, 6) is 1.12. The molecule has 7 nitrogen and oxygen atoms in total. The van der Waals surface area contributed by atoms with Crippen LogP contribution in [-0.4, -0.2) is 98.1 Å². The molecule has 0 aromatic rings. The summed E-state index contributed by atoms with van der Waals surface area (Å²) < 4.78 is 0. The molecule has 1 amide bonds. The first-order valence-electron chi connectivity index (χ1n) is 9.78. The number of rotatable bonds is 6. The number of likely N-dealkylation sites (tertiary alicyclic amines) is 1. The number of piperazine rings is 1. The van der Waals surface area contributed by atoms with E-state index in [0.717, 1.165) is 64.7 Å². The van der Waals surface area contributed by atoms with Gasteiger partial charge >= 0.3 is 0 Å². The Hall–Kier alpha value is -0.610. The predicted molar refractivity (Wildman–Crippen MR) is 118 cm³/mol. The number of hydrogen-bond acceptors (Lipinski definition) is 4. The van der Waals surface area contributed by atoms with Crippen molar-refractivity contribution in [3.63, 3.8) is 0 Å².